The minimum atomic E-state index is -0.995. The first-order valence-electron chi connectivity index (χ1n) is 11.7. The fourth-order valence-corrected chi connectivity index (χ4v) is 4.86. The van der Waals surface area contributed by atoms with E-state index in [2.05, 4.69) is 37.4 Å². The third kappa shape index (κ3) is 4.88. The number of aromatic nitrogens is 4. The Labute approximate surface area is 202 Å². The van der Waals surface area contributed by atoms with Crippen LogP contribution in [0.15, 0.2) is 66.1 Å². The molecule has 34 heavy (non-hydrogen) atoms. The Kier molecular flexibility index (Phi) is 6.69. The van der Waals surface area contributed by atoms with Crippen LogP contribution in [0, 0.1) is 0 Å². The van der Waals surface area contributed by atoms with E-state index in [0.717, 1.165) is 71.0 Å². The Morgan fingerprint density at radius 1 is 1.03 bits per heavy atom. The fourth-order valence-electron chi connectivity index (χ4n) is 4.31. The Balaban J connectivity index is 1.21. The lowest BCUT2D eigenvalue weighted by molar-refractivity contribution is 0.0249. The standard InChI is InChI=1S/C26H29N5O2S/c1-3-19-16-28-26(29-17-19)30-11-8-22(9-12-30)33-18-20-6-10-27-25(14-20)31-13-7-21-15-23(34(2)32)4-5-24(21)31/h4-7,10,13-17,22H,3,8-9,11-12,18H2,1-2H3. The lowest BCUT2D eigenvalue weighted by Gasteiger charge is -2.32. The van der Waals surface area contributed by atoms with Crippen molar-refractivity contribution in [1.82, 2.24) is 19.5 Å². The molecule has 1 aliphatic rings. The normalized spacial score (nSPS) is 15.6. The first-order chi connectivity index (χ1) is 16.6. The van der Waals surface area contributed by atoms with Crippen molar-refractivity contribution in [3.05, 3.63) is 72.3 Å². The van der Waals surface area contributed by atoms with Crippen LogP contribution in [0.25, 0.3) is 16.7 Å². The summed E-state index contributed by atoms with van der Waals surface area (Å²) in [7, 11) is -0.995. The molecule has 1 atom stereocenters. The average Bonchev–Trinajstić information content (AvgIpc) is 3.31. The van der Waals surface area contributed by atoms with Crippen LogP contribution in [0.3, 0.4) is 0 Å². The zero-order valence-electron chi connectivity index (χ0n) is 19.6. The van der Waals surface area contributed by atoms with Gasteiger partial charge in [-0.15, -0.1) is 0 Å². The number of anilines is 1. The van der Waals surface area contributed by atoms with Crippen LogP contribution < -0.4 is 4.90 Å². The predicted molar refractivity (Wildman–Crippen MR) is 135 cm³/mol. The second kappa shape index (κ2) is 10.0. The molecule has 0 spiro atoms. The molecule has 0 aliphatic carbocycles. The highest BCUT2D eigenvalue weighted by Gasteiger charge is 2.21. The van der Waals surface area contributed by atoms with Gasteiger partial charge in [0.1, 0.15) is 5.82 Å². The van der Waals surface area contributed by atoms with Gasteiger partial charge in [0, 0.05) is 65.2 Å². The largest absolute Gasteiger partial charge is 0.373 e. The van der Waals surface area contributed by atoms with Crippen LogP contribution in [-0.2, 0) is 28.6 Å². The SMILES string of the molecule is CCc1cnc(N2CCC(OCc3ccnc(-n4ccc5cc(S(C)=O)ccc54)c3)CC2)nc1. The summed E-state index contributed by atoms with van der Waals surface area (Å²) < 4.78 is 20.1. The van der Waals surface area contributed by atoms with Crippen molar-refractivity contribution in [2.75, 3.05) is 24.2 Å². The minimum Gasteiger partial charge on any atom is -0.373 e. The van der Waals surface area contributed by atoms with Crippen molar-refractivity contribution in [1.29, 1.82) is 0 Å². The van der Waals surface area contributed by atoms with E-state index in [-0.39, 0.29) is 6.10 Å². The number of benzene rings is 1. The van der Waals surface area contributed by atoms with Gasteiger partial charge in [0.15, 0.2) is 0 Å². The number of ether oxygens (including phenoxy) is 1. The van der Waals surface area contributed by atoms with Crippen LogP contribution in [0.1, 0.15) is 30.9 Å². The molecule has 1 aromatic carbocycles. The third-order valence-corrected chi connectivity index (χ3v) is 7.28. The summed E-state index contributed by atoms with van der Waals surface area (Å²) in [5.74, 6) is 1.66. The highest BCUT2D eigenvalue weighted by molar-refractivity contribution is 7.84. The van der Waals surface area contributed by atoms with Crippen LogP contribution >= 0.6 is 0 Å². The quantitative estimate of drug-likeness (QED) is 0.397. The number of fused-ring (bicyclic) bond motifs is 1. The van der Waals surface area contributed by atoms with Gasteiger partial charge >= 0.3 is 0 Å². The molecular formula is C26H29N5O2S. The number of piperidine rings is 1. The van der Waals surface area contributed by atoms with Crippen molar-refractivity contribution in [3.63, 3.8) is 0 Å². The molecule has 176 valence electrons. The lowest BCUT2D eigenvalue weighted by Crippen LogP contribution is -2.38. The molecule has 0 saturated carbocycles. The van der Waals surface area contributed by atoms with Gasteiger partial charge in [-0.2, -0.15) is 0 Å². The number of nitrogens with zero attached hydrogens (tertiary/aromatic N) is 5. The smallest absolute Gasteiger partial charge is 0.225 e. The molecule has 0 amide bonds. The maximum Gasteiger partial charge on any atom is 0.225 e. The molecule has 0 bridgehead atoms. The Hall–Kier alpha value is -3.10. The molecule has 0 radical (unpaired) electrons. The van der Waals surface area contributed by atoms with E-state index in [1.807, 2.05) is 55.1 Å². The number of rotatable bonds is 7. The van der Waals surface area contributed by atoms with Crippen LogP contribution in [0.2, 0.25) is 0 Å². The van der Waals surface area contributed by atoms with E-state index in [4.69, 9.17) is 4.74 Å². The highest BCUT2D eigenvalue weighted by atomic mass is 32.2. The lowest BCUT2D eigenvalue weighted by atomic mass is 10.1. The molecule has 0 N–H and O–H groups in total. The molecule has 5 rings (SSSR count). The van der Waals surface area contributed by atoms with Crippen molar-refractivity contribution in [2.24, 2.45) is 0 Å². The summed E-state index contributed by atoms with van der Waals surface area (Å²) in [4.78, 5) is 16.7. The summed E-state index contributed by atoms with van der Waals surface area (Å²) in [5.41, 5.74) is 3.30. The molecule has 4 aromatic rings. The minimum absolute atomic E-state index is 0.225. The van der Waals surface area contributed by atoms with E-state index in [1.54, 1.807) is 6.26 Å². The Morgan fingerprint density at radius 2 is 1.82 bits per heavy atom. The summed E-state index contributed by atoms with van der Waals surface area (Å²) in [6, 6.07) is 12.0. The second-order valence-corrected chi connectivity index (χ2v) is 10.0. The maximum absolute atomic E-state index is 11.8. The van der Waals surface area contributed by atoms with E-state index < -0.39 is 10.8 Å². The highest BCUT2D eigenvalue weighted by Crippen LogP contribution is 2.23. The van der Waals surface area contributed by atoms with Crippen LogP contribution in [0.4, 0.5) is 5.95 Å². The molecule has 7 nitrogen and oxygen atoms in total. The number of hydrogen-bond donors (Lipinski definition) is 0. The maximum atomic E-state index is 11.8. The molecule has 4 heterocycles. The van der Waals surface area contributed by atoms with E-state index in [0.29, 0.717) is 6.61 Å². The summed E-state index contributed by atoms with van der Waals surface area (Å²) in [5, 5.41) is 1.05. The molecule has 1 saturated heterocycles. The summed E-state index contributed by atoms with van der Waals surface area (Å²) in [6.45, 7) is 4.47. The van der Waals surface area contributed by atoms with E-state index >= 15 is 0 Å². The second-order valence-electron chi connectivity index (χ2n) is 8.63. The molecule has 1 aliphatic heterocycles. The molecule has 1 unspecified atom stereocenters. The van der Waals surface area contributed by atoms with Crippen LogP contribution in [-0.4, -0.2) is 49.2 Å². The average molecular weight is 476 g/mol. The summed E-state index contributed by atoms with van der Waals surface area (Å²) >= 11 is 0. The van der Waals surface area contributed by atoms with Crippen molar-refractivity contribution >= 4 is 27.7 Å². The molecule has 3 aromatic heterocycles. The van der Waals surface area contributed by atoms with Gasteiger partial charge < -0.3 is 14.2 Å². The van der Waals surface area contributed by atoms with Crippen molar-refractivity contribution < 1.29 is 8.95 Å². The first-order valence-corrected chi connectivity index (χ1v) is 13.2. The third-order valence-electron chi connectivity index (χ3n) is 6.36. The van der Waals surface area contributed by atoms with E-state index in [1.165, 1.54) is 0 Å². The molecule has 8 heteroatoms. The van der Waals surface area contributed by atoms with Gasteiger partial charge in [0.25, 0.3) is 0 Å². The Morgan fingerprint density at radius 3 is 2.56 bits per heavy atom. The number of pyridine rings is 1. The van der Waals surface area contributed by atoms with Crippen molar-refractivity contribution in [3.8, 4) is 5.82 Å². The zero-order chi connectivity index (χ0) is 23.5. The topological polar surface area (TPSA) is 73.1 Å². The predicted octanol–water partition coefficient (Wildman–Crippen LogP) is 4.30. The number of hydrogen-bond acceptors (Lipinski definition) is 6. The van der Waals surface area contributed by atoms with Gasteiger partial charge in [-0.05, 0) is 66.8 Å². The van der Waals surface area contributed by atoms with Gasteiger partial charge in [0.05, 0.1) is 18.2 Å². The Bertz CT molecular complexity index is 1300. The monoisotopic (exact) mass is 475 g/mol. The van der Waals surface area contributed by atoms with Gasteiger partial charge in [-0.25, -0.2) is 15.0 Å². The van der Waals surface area contributed by atoms with Gasteiger partial charge in [0.2, 0.25) is 5.95 Å². The first kappa shape index (κ1) is 22.7. The summed E-state index contributed by atoms with van der Waals surface area (Å²) in [6.07, 6.45) is 12.5. The van der Waals surface area contributed by atoms with Crippen LogP contribution in [0.5, 0.6) is 0 Å². The molecular weight excluding hydrogens is 446 g/mol. The zero-order valence-corrected chi connectivity index (χ0v) is 20.4. The van der Waals surface area contributed by atoms with Gasteiger partial charge in [-0.3, -0.25) is 4.21 Å². The number of aryl methyl sites for hydroxylation is 1. The van der Waals surface area contributed by atoms with E-state index in [9.17, 15) is 4.21 Å². The van der Waals surface area contributed by atoms with Gasteiger partial charge in [-0.1, -0.05) is 6.92 Å². The van der Waals surface area contributed by atoms with Crippen molar-refractivity contribution in [2.45, 2.75) is 43.8 Å². The molecule has 1 fully saturated rings. The fraction of sp³-hybridized carbons (Fsp3) is 0.346.